The lowest BCUT2D eigenvalue weighted by Crippen LogP contribution is -2.24. The Bertz CT molecular complexity index is 376. The van der Waals surface area contributed by atoms with Crippen LogP contribution in [0.5, 0.6) is 0 Å². The molecule has 1 aliphatic heterocycles. The number of rotatable bonds is 5. The first kappa shape index (κ1) is 13.3. The highest BCUT2D eigenvalue weighted by molar-refractivity contribution is 5.46. The first-order chi connectivity index (χ1) is 8.72. The van der Waals surface area contributed by atoms with Crippen LogP contribution in [0.4, 0.5) is 5.82 Å². The average Bonchev–Trinajstić information content (AvgIpc) is 2.84. The van der Waals surface area contributed by atoms with E-state index < -0.39 is 0 Å². The Morgan fingerprint density at radius 2 is 2.33 bits per heavy atom. The van der Waals surface area contributed by atoms with Gasteiger partial charge in [-0.15, -0.1) is 0 Å². The maximum atomic E-state index is 4.53. The smallest absolute Gasteiger partial charge is 0.130 e. The summed E-state index contributed by atoms with van der Waals surface area (Å²) in [5.41, 5.74) is 1.37. The van der Waals surface area contributed by atoms with Crippen molar-refractivity contribution in [1.29, 1.82) is 0 Å². The molecule has 0 amide bonds. The van der Waals surface area contributed by atoms with E-state index in [-0.39, 0.29) is 0 Å². The maximum absolute atomic E-state index is 4.53. The van der Waals surface area contributed by atoms with Crippen molar-refractivity contribution in [3.8, 4) is 0 Å². The summed E-state index contributed by atoms with van der Waals surface area (Å²) < 4.78 is 0. The fourth-order valence-corrected chi connectivity index (χ4v) is 2.69. The molecule has 0 radical (unpaired) electrons. The van der Waals surface area contributed by atoms with Gasteiger partial charge in [-0.1, -0.05) is 26.8 Å². The van der Waals surface area contributed by atoms with E-state index in [9.17, 15) is 0 Å². The standard InChI is InChI=1S/C15H25N3/c1-4-18-10-6-8-14(18)13-7-5-9-16-15(13)17-11-12(2)3/h5,7,9,12,14H,4,6,8,10-11H2,1-3H3,(H,16,17)/t14-/m1/s1. The van der Waals surface area contributed by atoms with Crippen molar-refractivity contribution in [2.24, 2.45) is 5.92 Å². The Morgan fingerprint density at radius 1 is 1.50 bits per heavy atom. The minimum Gasteiger partial charge on any atom is -0.370 e. The second-order valence-corrected chi connectivity index (χ2v) is 5.50. The summed E-state index contributed by atoms with van der Waals surface area (Å²) in [5.74, 6) is 1.72. The molecular weight excluding hydrogens is 222 g/mol. The highest BCUT2D eigenvalue weighted by Crippen LogP contribution is 2.34. The van der Waals surface area contributed by atoms with Crippen LogP contribution in [0.15, 0.2) is 18.3 Å². The molecule has 1 aromatic heterocycles. The van der Waals surface area contributed by atoms with E-state index in [1.54, 1.807) is 0 Å². The van der Waals surface area contributed by atoms with Crippen LogP contribution in [0, 0.1) is 5.92 Å². The molecule has 0 unspecified atom stereocenters. The second-order valence-electron chi connectivity index (χ2n) is 5.50. The van der Waals surface area contributed by atoms with Crippen LogP contribution in [-0.2, 0) is 0 Å². The lowest BCUT2D eigenvalue weighted by molar-refractivity contribution is 0.272. The van der Waals surface area contributed by atoms with Crippen molar-refractivity contribution in [3.63, 3.8) is 0 Å². The summed E-state index contributed by atoms with van der Waals surface area (Å²) in [4.78, 5) is 7.08. The Kier molecular flexibility index (Phi) is 4.59. The van der Waals surface area contributed by atoms with Crippen LogP contribution in [-0.4, -0.2) is 29.5 Å². The summed E-state index contributed by atoms with van der Waals surface area (Å²) in [7, 11) is 0. The van der Waals surface area contributed by atoms with Crippen molar-refractivity contribution in [2.75, 3.05) is 25.0 Å². The highest BCUT2D eigenvalue weighted by Gasteiger charge is 2.26. The molecule has 0 aromatic carbocycles. The largest absolute Gasteiger partial charge is 0.370 e. The van der Waals surface area contributed by atoms with E-state index in [0.717, 1.165) is 18.9 Å². The van der Waals surface area contributed by atoms with Gasteiger partial charge < -0.3 is 5.32 Å². The number of nitrogens with zero attached hydrogens (tertiary/aromatic N) is 2. The third-order valence-electron chi connectivity index (χ3n) is 3.65. The molecular formula is C15H25N3. The van der Waals surface area contributed by atoms with Crippen LogP contribution in [0.1, 0.15) is 45.2 Å². The Hall–Kier alpha value is -1.09. The van der Waals surface area contributed by atoms with Gasteiger partial charge in [0.1, 0.15) is 5.82 Å². The quantitative estimate of drug-likeness (QED) is 0.865. The summed E-state index contributed by atoms with van der Waals surface area (Å²) in [6, 6.07) is 4.84. The molecule has 3 nitrogen and oxygen atoms in total. The van der Waals surface area contributed by atoms with E-state index in [2.05, 4.69) is 48.1 Å². The van der Waals surface area contributed by atoms with Crippen molar-refractivity contribution in [1.82, 2.24) is 9.88 Å². The molecule has 1 saturated heterocycles. The molecule has 1 aromatic rings. The van der Waals surface area contributed by atoms with Crippen molar-refractivity contribution in [3.05, 3.63) is 23.9 Å². The molecule has 0 saturated carbocycles. The number of nitrogens with one attached hydrogen (secondary N) is 1. The van der Waals surface area contributed by atoms with Gasteiger partial charge in [0.2, 0.25) is 0 Å². The highest BCUT2D eigenvalue weighted by atomic mass is 15.2. The molecule has 3 heteroatoms. The fraction of sp³-hybridized carbons (Fsp3) is 0.667. The third-order valence-corrected chi connectivity index (χ3v) is 3.65. The van der Waals surface area contributed by atoms with Crippen molar-refractivity contribution in [2.45, 2.75) is 39.7 Å². The van der Waals surface area contributed by atoms with Gasteiger partial charge in [0.25, 0.3) is 0 Å². The number of likely N-dealkylation sites (tertiary alicyclic amines) is 1. The van der Waals surface area contributed by atoms with E-state index >= 15 is 0 Å². The summed E-state index contributed by atoms with van der Waals surface area (Å²) in [6.07, 6.45) is 4.45. The number of hydrogen-bond donors (Lipinski definition) is 1. The Morgan fingerprint density at radius 3 is 3.06 bits per heavy atom. The van der Waals surface area contributed by atoms with E-state index in [4.69, 9.17) is 0 Å². The third kappa shape index (κ3) is 3.02. The Labute approximate surface area is 111 Å². The normalized spacial score (nSPS) is 20.6. The molecule has 18 heavy (non-hydrogen) atoms. The number of hydrogen-bond acceptors (Lipinski definition) is 3. The SMILES string of the molecule is CCN1CCC[C@@H]1c1cccnc1NCC(C)C. The van der Waals surface area contributed by atoms with Crippen LogP contribution in [0.2, 0.25) is 0 Å². The van der Waals surface area contributed by atoms with Gasteiger partial charge in [-0.2, -0.15) is 0 Å². The molecule has 1 fully saturated rings. The zero-order valence-corrected chi connectivity index (χ0v) is 11.8. The molecule has 2 rings (SSSR count). The average molecular weight is 247 g/mol. The summed E-state index contributed by atoms with van der Waals surface area (Å²) >= 11 is 0. The van der Waals surface area contributed by atoms with Crippen LogP contribution in [0.3, 0.4) is 0 Å². The van der Waals surface area contributed by atoms with Crippen LogP contribution in [0.25, 0.3) is 0 Å². The fourth-order valence-electron chi connectivity index (χ4n) is 2.69. The first-order valence-electron chi connectivity index (χ1n) is 7.15. The second kappa shape index (κ2) is 6.19. The van der Waals surface area contributed by atoms with Crippen molar-refractivity contribution < 1.29 is 0 Å². The predicted molar refractivity (Wildman–Crippen MR) is 76.8 cm³/mol. The summed E-state index contributed by atoms with van der Waals surface area (Å²) in [6.45, 7) is 10.0. The zero-order chi connectivity index (χ0) is 13.0. The van der Waals surface area contributed by atoms with Gasteiger partial charge in [-0.05, 0) is 37.9 Å². The number of anilines is 1. The monoisotopic (exact) mass is 247 g/mol. The predicted octanol–water partition coefficient (Wildman–Crippen LogP) is 3.31. The molecule has 100 valence electrons. The minimum atomic E-state index is 0.554. The minimum absolute atomic E-state index is 0.554. The molecule has 0 spiro atoms. The van der Waals surface area contributed by atoms with E-state index in [1.807, 2.05) is 6.20 Å². The molecule has 0 bridgehead atoms. The first-order valence-corrected chi connectivity index (χ1v) is 7.15. The zero-order valence-electron chi connectivity index (χ0n) is 11.8. The van der Waals surface area contributed by atoms with Gasteiger partial charge in [0.15, 0.2) is 0 Å². The molecule has 1 N–H and O–H groups in total. The molecule has 0 aliphatic carbocycles. The maximum Gasteiger partial charge on any atom is 0.130 e. The van der Waals surface area contributed by atoms with Gasteiger partial charge in [0, 0.05) is 24.3 Å². The van der Waals surface area contributed by atoms with Gasteiger partial charge >= 0.3 is 0 Å². The number of aromatic nitrogens is 1. The van der Waals surface area contributed by atoms with E-state index in [1.165, 1.54) is 24.9 Å². The van der Waals surface area contributed by atoms with Gasteiger partial charge in [0.05, 0.1) is 0 Å². The summed E-state index contributed by atoms with van der Waals surface area (Å²) in [5, 5.41) is 3.50. The lowest BCUT2D eigenvalue weighted by Gasteiger charge is -2.25. The van der Waals surface area contributed by atoms with Crippen LogP contribution < -0.4 is 5.32 Å². The topological polar surface area (TPSA) is 28.2 Å². The lowest BCUT2D eigenvalue weighted by atomic mass is 10.1. The van der Waals surface area contributed by atoms with Gasteiger partial charge in [-0.25, -0.2) is 4.98 Å². The molecule has 2 heterocycles. The van der Waals surface area contributed by atoms with Crippen LogP contribution >= 0.6 is 0 Å². The number of pyridine rings is 1. The Balaban J connectivity index is 2.16. The molecule has 1 atom stereocenters. The molecule has 1 aliphatic rings. The van der Waals surface area contributed by atoms with Crippen molar-refractivity contribution >= 4 is 5.82 Å². The van der Waals surface area contributed by atoms with E-state index in [0.29, 0.717) is 12.0 Å². The van der Waals surface area contributed by atoms with Gasteiger partial charge in [-0.3, -0.25) is 4.90 Å².